The molecule has 0 spiro atoms. The standard InChI is InChI=1S/C12H13BrN2S2/c1-2-12-15-9(7-17-12)6-16-11-4-3-8(13)5-10(11)14/h3-5,7H,2,6,14H2,1H3. The summed E-state index contributed by atoms with van der Waals surface area (Å²) in [5.74, 6) is 0.877. The molecule has 1 aromatic heterocycles. The van der Waals surface area contributed by atoms with Crippen molar-refractivity contribution in [3.8, 4) is 0 Å². The average Bonchev–Trinajstić information content (AvgIpc) is 2.76. The molecule has 0 aliphatic rings. The Morgan fingerprint density at radius 2 is 2.29 bits per heavy atom. The van der Waals surface area contributed by atoms with E-state index < -0.39 is 0 Å². The maximum atomic E-state index is 5.95. The van der Waals surface area contributed by atoms with E-state index in [0.717, 1.165) is 32.9 Å². The second kappa shape index (κ2) is 5.89. The Labute approximate surface area is 118 Å². The Balaban J connectivity index is 2.02. The molecule has 0 aliphatic heterocycles. The molecule has 0 saturated carbocycles. The van der Waals surface area contributed by atoms with Gasteiger partial charge in [0, 0.05) is 26.2 Å². The first-order chi connectivity index (χ1) is 8.19. The van der Waals surface area contributed by atoms with Gasteiger partial charge in [0.15, 0.2) is 0 Å². The summed E-state index contributed by atoms with van der Waals surface area (Å²) in [6.45, 7) is 2.13. The topological polar surface area (TPSA) is 38.9 Å². The van der Waals surface area contributed by atoms with Crippen LogP contribution < -0.4 is 5.73 Å². The first-order valence-electron chi connectivity index (χ1n) is 5.30. The lowest BCUT2D eigenvalue weighted by atomic mass is 10.3. The van der Waals surface area contributed by atoms with Gasteiger partial charge in [-0.25, -0.2) is 4.98 Å². The van der Waals surface area contributed by atoms with Crippen LogP contribution >= 0.6 is 39.0 Å². The number of aromatic nitrogens is 1. The summed E-state index contributed by atoms with van der Waals surface area (Å²) in [5.41, 5.74) is 7.90. The lowest BCUT2D eigenvalue weighted by molar-refractivity contribution is 1.06. The highest BCUT2D eigenvalue weighted by Gasteiger charge is 2.04. The second-order valence-corrected chi connectivity index (χ2v) is 6.43. The minimum atomic E-state index is 0.815. The summed E-state index contributed by atoms with van der Waals surface area (Å²) in [6.07, 6.45) is 1.01. The van der Waals surface area contributed by atoms with Crippen LogP contribution in [0.4, 0.5) is 5.69 Å². The number of nitrogens with zero attached hydrogens (tertiary/aromatic N) is 1. The van der Waals surface area contributed by atoms with Gasteiger partial charge in [0.05, 0.1) is 10.7 Å². The van der Waals surface area contributed by atoms with Crippen molar-refractivity contribution in [2.24, 2.45) is 0 Å². The monoisotopic (exact) mass is 328 g/mol. The van der Waals surface area contributed by atoms with Gasteiger partial charge in [0.2, 0.25) is 0 Å². The first kappa shape index (κ1) is 12.9. The number of thioether (sulfide) groups is 1. The minimum absolute atomic E-state index is 0.815. The number of halogens is 1. The lowest BCUT2D eigenvalue weighted by Gasteiger charge is -2.04. The third-order valence-corrected chi connectivity index (χ3v) is 4.91. The maximum absolute atomic E-state index is 5.95. The molecular weight excluding hydrogens is 316 g/mol. The molecule has 0 radical (unpaired) electrons. The number of aryl methyl sites for hydroxylation is 1. The molecule has 17 heavy (non-hydrogen) atoms. The Bertz CT molecular complexity index is 511. The van der Waals surface area contributed by atoms with Crippen LogP contribution in [0.5, 0.6) is 0 Å². The molecule has 2 N–H and O–H groups in total. The van der Waals surface area contributed by atoms with Gasteiger partial charge in [-0.15, -0.1) is 23.1 Å². The predicted octanol–water partition coefficient (Wildman–Crippen LogP) is 4.34. The Hall–Kier alpha value is -0.520. The van der Waals surface area contributed by atoms with Crippen LogP contribution in [0.1, 0.15) is 17.6 Å². The van der Waals surface area contributed by atoms with E-state index in [-0.39, 0.29) is 0 Å². The van der Waals surface area contributed by atoms with E-state index in [0.29, 0.717) is 0 Å². The highest BCUT2D eigenvalue weighted by Crippen LogP contribution is 2.30. The molecular formula is C12H13BrN2S2. The number of hydrogen-bond donors (Lipinski definition) is 1. The molecule has 2 nitrogen and oxygen atoms in total. The molecule has 0 fully saturated rings. The van der Waals surface area contributed by atoms with Crippen LogP contribution in [0.3, 0.4) is 0 Å². The molecule has 0 unspecified atom stereocenters. The number of anilines is 1. The highest BCUT2D eigenvalue weighted by atomic mass is 79.9. The number of nitrogens with two attached hydrogens (primary N) is 1. The highest BCUT2D eigenvalue weighted by molar-refractivity contribution is 9.10. The molecule has 2 rings (SSSR count). The fourth-order valence-corrected chi connectivity index (χ4v) is 3.45. The van der Waals surface area contributed by atoms with Gasteiger partial charge in [0.1, 0.15) is 0 Å². The fraction of sp³-hybridized carbons (Fsp3) is 0.250. The Morgan fingerprint density at radius 3 is 2.94 bits per heavy atom. The molecule has 2 aromatic rings. The van der Waals surface area contributed by atoms with E-state index in [1.165, 1.54) is 5.01 Å². The van der Waals surface area contributed by atoms with Gasteiger partial charge in [-0.2, -0.15) is 0 Å². The molecule has 0 amide bonds. The zero-order valence-corrected chi connectivity index (χ0v) is 12.7. The molecule has 90 valence electrons. The Kier molecular flexibility index (Phi) is 4.48. The van der Waals surface area contributed by atoms with Crippen molar-refractivity contribution in [3.63, 3.8) is 0 Å². The summed E-state index contributed by atoms with van der Waals surface area (Å²) in [7, 11) is 0. The van der Waals surface area contributed by atoms with Crippen molar-refractivity contribution >= 4 is 44.7 Å². The van der Waals surface area contributed by atoms with E-state index in [9.17, 15) is 0 Å². The second-order valence-electron chi connectivity index (χ2n) is 3.56. The number of benzene rings is 1. The van der Waals surface area contributed by atoms with Crippen molar-refractivity contribution in [3.05, 3.63) is 38.8 Å². The summed E-state index contributed by atoms with van der Waals surface area (Å²) in [6, 6.07) is 5.98. The lowest BCUT2D eigenvalue weighted by Crippen LogP contribution is -1.89. The van der Waals surface area contributed by atoms with Gasteiger partial charge in [-0.3, -0.25) is 0 Å². The number of thiazole rings is 1. The summed E-state index contributed by atoms with van der Waals surface area (Å²) in [5, 5.41) is 3.32. The molecule has 0 aliphatic carbocycles. The third-order valence-electron chi connectivity index (χ3n) is 2.25. The molecule has 0 atom stereocenters. The van der Waals surface area contributed by atoms with Crippen LogP contribution in [0.15, 0.2) is 32.9 Å². The van der Waals surface area contributed by atoms with E-state index >= 15 is 0 Å². The van der Waals surface area contributed by atoms with Gasteiger partial charge in [-0.1, -0.05) is 22.9 Å². The molecule has 0 saturated heterocycles. The first-order valence-corrected chi connectivity index (χ1v) is 7.96. The molecule has 5 heteroatoms. The number of rotatable bonds is 4. The summed E-state index contributed by atoms with van der Waals surface area (Å²) in [4.78, 5) is 5.65. The molecule has 1 heterocycles. The number of nitrogen functional groups attached to an aromatic ring is 1. The predicted molar refractivity (Wildman–Crippen MR) is 79.6 cm³/mol. The maximum Gasteiger partial charge on any atom is 0.0925 e. The smallest absolute Gasteiger partial charge is 0.0925 e. The largest absolute Gasteiger partial charge is 0.398 e. The van der Waals surface area contributed by atoms with Crippen LogP contribution in [-0.2, 0) is 12.2 Å². The van der Waals surface area contributed by atoms with E-state index in [1.54, 1.807) is 23.1 Å². The fourth-order valence-electron chi connectivity index (χ4n) is 1.38. The minimum Gasteiger partial charge on any atom is -0.398 e. The van der Waals surface area contributed by atoms with Crippen LogP contribution in [-0.4, -0.2) is 4.98 Å². The van der Waals surface area contributed by atoms with Gasteiger partial charge in [-0.05, 0) is 24.6 Å². The normalized spacial score (nSPS) is 10.7. The van der Waals surface area contributed by atoms with Gasteiger partial charge < -0.3 is 5.73 Å². The Morgan fingerprint density at radius 1 is 1.47 bits per heavy atom. The zero-order chi connectivity index (χ0) is 12.3. The number of hydrogen-bond acceptors (Lipinski definition) is 4. The van der Waals surface area contributed by atoms with Crippen LogP contribution in [0.2, 0.25) is 0 Å². The van der Waals surface area contributed by atoms with Crippen LogP contribution in [0.25, 0.3) is 0 Å². The van der Waals surface area contributed by atoms with E-state index in [1.807, 2.05) is 18.2 Å². The molecule has 0 bridgehead atoms. The summed E-state index contributed by atoms with van der Waals surface area (Å²) >= 11 is 6.86. The average molecular weight is 329 g/mol. The van der Waals surface area contributed by atoms with Crippen molar-refractivity contribution in [1.29, 1.82) is 0 Å². The van der Waals surface area contributed by atoms with Crippen molar-refractivity contribution in [2.45, 2.75) is 24.0 Å². The van der Waals surface area contributed by atoms with Gasteiger partial charge in [0.25, 0.3) is 0 Å². The van der Waals surface area contributed by atoms with Gasteiger partial charge >= 0.3 is 0 Å². The van der Waals surface area contributed by atoms with E-state index in [4.69, 9.17) is 5.73 Å². The SMILES string of the molecule is CCc1nc(CSc2ccc(Br)cc2N)cs1. The summed E-state index contributed by atoms with van der Waals surface area (Å²) < 4.78 is 1.02. The third kappa shape index (κ3) is 3.47. The van der Waals surface area contributed by atoms with Crippen molar-refractivity contribution in [1.82, 2.24) is 4.98 Å². The van der Waals surface area contributed by atoms with Crippen molar-refractivity contribution in [2.75, 3.05) is 5.73 Å². The zero-order valence-electron chi connectivity index (χ0n) is 9.44. The van der Waals surface area contributed by atoms with Crippen LogP contribution in [0, 0.1) is 0 Å². The van der Waals surface area contributed by atoms with Crippen molar-refractivity contribution < 1.29 is 0 Å². The molecule has 1 aromatic carbocycles. The van der Waals surface area contributed by atoms with E-state index in [2.05, 4.69) is 33.2 Å². The quantitative estimate of drug-likeness (QED) is 0.670.